The van der Waals surface area contributed by atoms with Gasteiger partial charge in [0, 0.05) is 23.5 Å². The first-order valence-corrected chi connectivity index (χ1v) is 12.3. The number of amides is 1. The second-order valence-corrected chi connectivity index (χ2v) is 10.1. The SMILES string of the molecule is CCn1c(SCC(=O)N2[C@H](C)CCC[C@H]2C)nc2sc3c(c2c1=O)CCCC3. The lowest BCUT2D eigenvalue weighted by molar-refractivity contribution is -0.134. The molecule has 4 rings (SSSR count). The zero-order valence-electron chi connectivity index (χ0n) is 17.0. The first kappa shape index (κ1) is 20.0. The van der Waals surface area contributed by atoms with Crippen LogP contribution in [0.5, 0.6) is 0 Å². The standard InChI is InChI=1S/C21H29N3O2S2/c1-4-23-20(26)18-15-10-5-6-11-16(15)28-19(18)22-21(23)27-12-17(25)24-13(2)8-7-9-14(24)3/h13-14H,4-12H2,1-3H3/t13-,14-/m1/s1. The van der Waals surface area contributed by atoms with Crippen molar-refractivity contribution in [3.63, 3.8) is 0 Å². The van der Waals surface area contributed by atoms with Crippen molar-refractivity contribution in [3.05, 3.63) is 20.8 Å². The van der Waals surface area contributed by atoms with Gasteiger partial charge in [-0.3, -0.25) is 14.2 Å². The molecule has 1 aliphatic heterocycles. The Morgan fingerprint density at radius 1 is 1.18 bits per heavy atom. The number of likely N-dealkylation sites (tertiary alicyclic amines) is 1. The van der Waals surface area contributed by atoms with Gasteiger partial charge >= 0.3 is 0 Å². The lowest BCUT2D eigenvalue weighted by Gasteiger charge is -2.39. The molecule has 0 bridgehead atoms. The zero-order chi connectivity index (χ0) is 19.8. The fourth-order valence-corrected chi connectivity index (χ4v) is 6.96. The summed E-state index contributed by atoms with van der Waals surface area (Å²) in [6.45, 7) is 6.84. The van der Waals surface area contributed by atoms with E-state index in [4.69, 9.17) is 4.98 Å². The Hall–Kier alpha value is -1.34. The van der Waals surface area contributed by atoms with Crippen LogP contribution in [-0.2, 0) is 24.2 Å². The molecule has 152 valence electrons. The van der Waals surface area contributed by atoms with Crippen molar-refractivity contribution in [1.29, 1.82) is 0 Å². The van der Waals surface area contributed by atoms with E-state index in [2.05, 4.69) is 13.8 Å². The predicted molar refractivity (Wildman–Crippen MR) is 117 cm³/mol. The van der Waals surface area contributed by atoms with Crippen molar-refractivity contribution in [1.82, 2.24) is 14.5 Å². The van der Waals surface area contributed by atoms with Gasteiger partial charge in [0.05, 0.1) is 11.1 Å². The van der Waals surface area contributed by atoms with E-state index >= 15 is 0 Å². The van der Waals surface area contributed by atoms with Crippen LogP contribution in [0.2, 0.25) is 0 Å². The van der Waals surface area contributed by atoms with Crippen LogP contribution in [-0.4, -0.2) is 38.2 Å². The van der Waals surface area contributed by atoms with E-state index in [1.807, 2.05) is 11.8 Å². The van der Waals surface area contributed by atoms with Gasteiger partial charge in [0.25, 0.3) is 5.56 Å². The smallest absolute Gasteiger partial charge is 0.263 e. The molecule has 0 unspecified atom stereocenters. The van der Waals surface area contributed by atoms with Crippen molar-refractivity contribution in [2.75, 3.05) is 5.75 Å². The Balaban J connectivity index is 1.62. The van der Waals surface area contributed by atoms with Gasteiger partial charge in [-0.15, -0.1) is 11.3 Å². The highest BCUT2D eigenvalue weighted by Crippen LogP contribution is 2.35. The number of nitrogens with zero attached hydrogens (tertiary/aromatic N) is 3. The number of rotatable bonds is 4. The minimum atomic E-state index is 0.0709. The fraction of sp³-hybridized carbons (Fsp3) is 0.667. The number of aromatic nitrogens is 2. The number of thioether (sulfide) groups is 1. The maximum atomic E-state index is 13.2. The predicted octanol–water partition coefficient (Wildman–Crippen LogP) is 4.24. The average molecular weight is 420 g/mol. The van der Waals surface area contributed by atoms with Crippen molar-refractivity contribution in [2.45, 2.75) is 89.5 Å². The van der Waals surface area contributed by atoms with Gasteiger partial charge in [-0.05, 0) is 71.3 Å². The van der Waals surface area contributed by atoms with E-state index in [9.17, 15) is 9.59 Å². The summed E-state index contributed by atoms with van der Waals surface area (Å²) in [5.41, 5.74) is 1.30. The summed E-state index contributed by atoms with van der Waals surface area (Å²) in [5, 5.41) is 1.51. The van der Waals surface area contributed by atoms with Crippen molar-refractivity contribution in [3.8, 4) is 0 Å². The minimum Gasteiger partial charge on any atom is -0.337 e. The zero-order valence-corrected chi connectivity index (χ0v) is 18.6. The maximum absolute atomic E-state index is 13.2. The third kappa shape index (κ3) is 3.52. The monoisotopic (exact) mass is 419 g/mol. The Morgan fingerprint density at radius 3 is 2.61 bits per heavy atom. The second-order valence-electron chi connectivity index (χ2n) is 8.05. The van der Waals surface area contributed by atoms with Crippen LogP contribution in [0, 0.1) is 0 Å². The first-order valence-electron chi connectivity index (χ1n) is 10.5. The summed E-state index contributed by atoms with van der Waals surface area (Å²) >= 11 is 3.10. The van der Waals surface area contributed by atoms with Gasteiger partial charge in [0.2, 0.25) is 5.91 Å². The van der Waals surface area contributed by atoms with Gasteiger partial charge in [0.15, 0.2) is 5.16 Å². The Labute approximate surface area is 174 Å². The summed E-state index contributed by atoms with van der Waals surface area (Å²) in [6, 6.07) is 0.592. The molecule has 7 heteroatoms. The van der Waals surface area contributed by atoms with E-state index in [1.54, 1.807) is 15.9 Å². The lowest BCUT2D eigenvalue weighted by Crippen LogP contribution is -2.48. The number of carbonyl (C=O) groups is 1. The topological polar surface area (TPSA) is 55.2 Å². The number of hydrogen-bond acceptors (Lipinski definition) is 5. The molecule has 3 heterocycles. The molecule has 0 saturated carbocycles. The molecule has 5 nitrogen and oxygen atoms in total. The first-order chi connectivity index (χ1) is 13.5. The average Bonchev–Trinajstić information content (AvgIpc) is 3.05. The molecular formula is C21H29N3O2S2. The Bertz CT molecular complexity index is 939. The van der Waals surface area contributed by atoms with E-state index < -0.39 is 0 Å². The molecule has 1 fully saturated rings. The normalized spacial score (nSPS) is 22.5. The second kappa shape index (κ2) is 8.19. The highest BCUT2D eigenvalue weighted by atomic mass is 32.2. The van der Waals surface area contributed by atoms with Gasteiger partial charge in [-0.2, -0.15) is 0 Å². The van der Waals surface area contributed by atoms with Crippen LogP contribution < -0.4 is 5.56 Å². The van der Waals surface area contributed by atoms with Crippen molar-refractivity contribution >= 4 is 39.2 Å². The van der Waals surface area contributed by atoms with Crippen LogP contribution in [0.1, 0.15) is 63.3 Å². The molecule has 2 aromatic rings. The highest BCUT2D eigenvalue weighted by Gasteiger charge is 2.29. The minimum absolute atomic E-state index is 0.0709. The van der Waals surface area contributed by atoms with Crippen molar-refractivity contribution < 1.29 is 4.79 Å². The number of fused-ring (bicyclic) bond motifs is 3. The van der Waals surface area contributed by atoms with E-state index in [0.29, 0.717) is 29.5 Å². The fourth-order valence-electron chi connectivity index (χ4n) is 4.72. The molecule has 2 atom stereocenters. The van der Waals surface area contributed by atoms with Gasteiger partial charge in [-0.1, -0.05) is 11.8 Å². The molecule has 1 amide bonds. The van der Waals surface area contributed by atoms with E-state index in [-0.39, 0.29) is 11.5 Å². The van der Waals surface area contributed by atoms with Gasteiger partial charge < -0.3 is 4.90 Å². The van der Waals surface area contributed by atoms with E-state index in [1.165, 1.54) is 35.0 Å². The van der Waals surface area contributed by atoms with Crippen LogP contribution >= 0.6 is 23.1 Å². The molecule has 2 aromatic heterocycles. The molecule has 0 aromatic carbocycles. The summed E-state index contributed by atoms with van der Waals surface area (Å²) in [5.74, 6) is 0.504. The van der Waals surface area contributed by atoms with Crippen LogP contribution in [0.25, 0.3) is 10.2 Å². The third-order valence-electron chi connectivity index (χ3n) is 6.16. The molecule has 1 saturated heterocycles. The quantitative estimate of drug-likeness (QED) is 0.549. The number of hydrogen-bond donors (Lipinski definition) is 0. The maximum Gasteiger partial charge on any atom is 0.263 e. The molecular weight excluding hydrogens is 390 g/mol. The molecule has 2 aliphatic rings. The molecule has 0 N–H and O–H groups in total. The van der Waals surface area contributed by atoms with Crippen LogP contribution in [0.15, 0.2) is 9.95 Å². The number of aryl methyl sites for hydroxylation is 2. The number of carbonyl (C=O) groups excluding carboxylic acids is 1. The van der Waals surface area contributed by atoms with Gasteiger partial charge in [-0.25, -0.2) is 4.98 Å². The van der Waals surface area contributed by atoms with Crippen LogP contribution in [0.3, 0.4) is 0 Å². The molecule has 0 spiro atoms. The largest absolute Gasteiger partial charge is 0.337 e. The third-order valence-corrected chi connectivity index (χ3v) is 8.31. The Kier molecular flexibility index (Phi) is 5.83. The summed E-state index contributed by atoms with van der Waals surface area (Å²) in [6.07, 6.45) is 7.75. The number of thiophene rings is 1. The molecule has 1 aliphatic carbocycles. The molecule has 28 heavy (non-hydrogen) atoms. The summed E-state index contributed by atoms with van der Waals surface area (Å²) in [7, 11) is 0. The Morgan fingerprint density at radius 2 is 1.89 bits per heavy atom. The van der Waals surface area contributed by atoms with Crippen molar-refractivity contribution in [2.24, 2.45) is 0 Å². The summed E-state index contributed by atoms with van der Waals surface area (Å²) < 4.78 is 1.75. The molecule has 0 radical (unpaired) electrons. The lowest BCUT2D eigenvalue weighted by atomic mass is 9.97. The van der Waals surface area contributed by atoms with Gasteiger partial charge in [0.1, 0.15) is 4.83 Å². The van der Waals surface area contributed by atoms with Crippen LogP contribution in [0.4, 0.5) is 0 Å². The van der Waals surface area contributed by atoms with E-state index in [0.717, 1.165) is 42.3 Å². The number of piperidine rings is 1. The highest BCUT2D eigenvalue weighted by molar-refractivity contribution is 7.99. The summed E-state index contributed by atoms with van der Waals surface area (Å²) in [4.78, 5) is 35.1.